The molecule has 0 aromatic heterocycles. The van der Waals surface area contributed by atoms with E-state index in [9.17, 15) is 0 Å². The van der Waals surface area contributed by atoms with Crippen LogP contribution >= 0.6 is 0 Å². The molecule has 14 heavy (non-hydrogen) atoms. The Bertz CT molecular complexity index is 183. The minimum Gasteiger partial charge on any atom is -0.306 e. The van der Waals surface area contributed by atoms with Crippen LogP contribution in [0.2, 0.25) is 0 Å². The van der Waals surface area contributed by atoms with Gasteiger partial charge in [-0.05, 0) is 43.1 Å². The van der Waals surface area contributed by atoms with Gasteiger partial charge in [-0.15, -0.1) is 0 Å². The maximum Gasteiger partial charge on any atom is 0.00120 e. The highest BCUT2D eigenvalue weighted by atomic mass is 15.1. The van der Waals surface area contributed by atoms with E-state index in [0.717, 1.165) is 29.6 Å². The normalized spacial score (nSPS) is 49.3. The van der Waals surface area contributed by atoms with E-state index < -0.39 is 0 Å². The van der Waals surface area contributed by atoms with E-state index in [4.69, 9.17) is 0 Å². The van der Waals surface area contributed by atoms with Gasteiger partial charge in [0.1, 0.15) is 0 Å². The van der Waals surface area contributed by atoms with E-state index in [1.54, 1.807) is 0 Å². The molecule has 1 nitrogen and oxygen atoms in total. The van der Waals surface area contributed by atoms with Crippen molar-refractivity contribution in [3.8, 4) is 0 Å². The lowest BCUT2D eigenvalue weighted by Crippen LogP contribution is -2.52. The number of rotatable bonds is 1. The summed E-state index contributed by atoms with van der Waals surface area (Å²) in [6.45, 7) is 10.0. The topological polar surface area (TPSA) is 3.24 Å². The minimum absolute atomic E-state index is 0.953. The van der Waals surface area contributed by atoms with Gasteiger partial charge in [0.15, 0.2) is 0 Å². The first-order valence-electron chi connectivity index (χ1n) is 6.32. The average molecular weight is 195 g/mol. The molecule has 4 atom stereocenters. The Labute approximate surface area is 88.9 Å². The van der Waals surface area contributed by atoms with E-state index in [1.165, 1.54) is 25.9 Å². The van der Waals surface area contributed by atoms with Crippen molar-refractivity contribution in [2.45, 2.75) is 33.6 Å². The van der Waals surface area contributed by atoms with Gasteiger partial charge in [0.2, 0.25) is 0 Å². The number of hydrogen-bond donors (Lipinski definition) is 0. The zero-order valence-electron chi connectivity index (χ0n) is 10.2. The molecule has 82 valence electrons. The lowest BCUT2D eigenvalue weighted by Gasteiger charge is -2.52. The molecule has 0 spiro atoms. The van der Waals surface area contributed by atoms with Gasteiger partial charge in [-0.25, -0.2) is 0 Å². The summed E-state index contributed by atoms with van der Waals surface area (Å²) in [5.74, 6) is 4.90. The van der Waals surface area contributed by atoms with Crippen LogP contribution in [0.4, 0.5) is 0 Å². The molecular formula is C13H25N. The molecule has 1 heterocycles. The van der Waals surface area contributed by atoms with E-state index in [2.05, 4.69) is 32.7 Å². The molecule has 4 unspecified atom stereocenters. The van der Waals surface area contributed by atoms with Gasteiger partial charge in [-0.1, -0.05) is 27.2 Å². The molecule has 0 aromatic carbocycles. The van der Waals surface area contributed by atoms with Crippen LogP contribution in [0.3, 0.4) is 0 Å². The van der Waals surface area contributed by atoms with Crippen molar-refractivity contribution in [3.05, 3.63) is 0 Å². The predicted molar refractivity (Wildman–Crippen MR) is 61.2 cm³/mol. The van der Waals surface area contributed by atoms with E-state index in [0.29, 0.717) is 0 Å². The first-order valence-corrected chi connectivity index (χ1v) is 6.32. The first kappa shape index (κ1) is 10.5. The average Bonchev–Trinajstić information content (AvgIpc) is 2.14. The first-order chi connectivity index (χ1) is 6.63. The molecule has 0 amide bonds. The summed E-state index contributed by atoms with van der Waals surface area (Å²) in [4.78, 5) is 2.56. The van der Waals surface area contributed by atoms with Crippen LogP contribution < -0.4 is 0 Å². The quantitative estimate of drug-likeness (QED) is 0.622. The lowest BCUT2D eigenvalue weighted by molar-refractivity contribution is -0.0306. The van der Waals surface area contributed by atoms with E-state index in [-0.39, 0.29) is 0 Å². The van der Waals surface area contributed by atoms with Gasteiger partial charge < -0.3 is 4.90 Å². The van der Waals surface area contributed by atoms with E-state index >= 15 is 0 Å². The Hall–Kier alpha value is -0.0400. The summed E-state index contributed by atoms with van der Waals surface area (Å²) < 4.78 is 0. The third-order valence-electron chi connectivity index (χ3n) is 4.82. The van der Waals surface area contributed by atoms with Crippen molar-refractivity contribution in [1.82, 2.24) is 4.90 Å². The fraction of sp³-hybridized carbons (Fsp3) is 1.00. The number of fused-ring (bicyclic) bond motifs is 2. The van der Waals surface area contributed by atoms with Gasteiger partial charge in [0.25, 0.3) is 0 Å². The monoisotopic (exact) mass is 195 g/mol. The van der Waals surface area contributed by atoms with Crippen molar-refractivity contribution >= 4 is 0 Å². The summed E-state index contributed by atoms with van der Waals surface area (Å²) in [7, 11) is 2.30. The Kier molecular flexibility index (Phi) is 2.88. The molecule has 0 N–H and O–H groups in total. The number of likely N-dealkylation sites (tertiary alicyclic amines) is 1. The molecule has 1 aliphatic carbocycles. The third-order valence-corrected chi connectivity index (χ3v) is 4.82. The van der Waals surface area contributed by atoms with Crippen LogP contribution in [0.15, 0.2) is 0 Å². The SMILES string of the molecule is CCC1C2CN(C)CC1C(C)CC2C. The summed E-state index contributed by atoms with van der Waals surface area (Å²) in [5.41, 5.74) is 0. The van der Waals surface area contributed by atoms with Gasteiger partial charge in [0.05, 0.1) is 0 Å². The molecule has 2 fully saturated rings. The number of nitrogens with zero attached hydrogens (tertiary/aromatic N) is 1. The lowest BCUT2D eigenvalue weighted by atomic mass is 9.60. The van der Waals surface area contributed by atoms with Crippen LogP contribution in [-0.2, 0) is 0 Å². The van der Waals surface area contributed by atoms with Crippen LogP contribution in [0.25, 0.3) is 0 Å². The molecule has 1 saturated carbocycles. The second-order valence-corrected chi connectivity index (χ2v) is 5.81. The molecule has 2 rings (SSSR count). The standard InChI is InChI=1S/C13H25N/c1-5-11-12-7-14(4)8-13(11)10(3)6-9(12)2/h9-13H,5-8H2,1-4H3. The van der Waals surface area contributed by atoms with Crippen molar-refractivity contribution in [1.29, 1.82) is 0 Å². The summed E-state index contributed by atoms with van der Waals surface area (Å²) in [6.07, 6.45) is 2.87. The van der Waals surface area contributed by atoms with Crippen molar-refractivity contribution < 1.29 is 0 Å². The summed E-state index contributed by atoms with van der Waals surface area (Å²) >= 11 is 0. The Morgan fingerprint density at radius 1 is 1.07 bits per heavy atom. The highest BCUT2D eigenvalue weighted by molar-refractivity contribution is 4.94. The van der Waals surface area contributed by atoms with Crippen molar-refractivity contribution in [2.75, 3.05) is 20.1 Å². The largest absolute Gasteiger partial charge is 0.306 e. The van der Waals surface area contributed by atoms with Crippen LogP contribution in [0, 0.1) is 29.6 Å². The number of hydrogen-bond acceptors (Lipinski definition) is 1. The Morgan fingerprint density at radius 2 is 1.57 bits per heavy atom. The van der Waals surface area contributed by atoms with Gasteiger partial charge in [-0.3, -0.25) is 0 Å². The van der Waals surface area contributed by atoms with Crippen LogP contribution in [0.1, 0.15) is 33.6 Å². The molecule has 1 heteroatoms. The maximum absolute atomic E-state index is 2.56. The van der Waals surface area contributed by atoms with Crippen molar-refractivity contribution in [2.24, 2.45) is 29.6 Å². The summed E-state index contributed by atoms with van der Waals surface area (Å²) in [6, 6.07) is 0. The minimum atomic E-state index is 0.953. The second-order valence-electron chi connectivity index (χ2n) is 5.81. The second kappa shape index (κ2) is 3.84. The zero-order valence-corrected chi connectivity index (χ0v) is 10.2. The highest BCUT2D eigenvalue weighted by Gasteiger charge is 2.43. The van der Waals surface area contributed by atoms with Gasteiger partial charge >= 0.3 is 0 Å². The molecule has 1 aliphatic heterocycles. The van der Waals surface area contributed by atoms with Crippen LogP contribution in [-0.4, -0.2) is 25.0 Å². The van der Waals surface area contributed by atoms with Gasteiger partial charge in [-0.2, -0.15) is 0 Å². The molecule has 1 saturated heterocycles. The van der Waals surface area contributed by atoms with Crippen molar-refractivity contribution in [3.63, 3.8) is 0 Å². The maximum atomic E-state index is 2.56. The smallest absolute Gasteiger partial charge is 0.00120 e. The fourth-order valence-electron chi connectivity index (χ4n) is 4.13. The Morgan fingerprint density at radius 3 is 2.00 bits per heavy atom. The molecule has 2 aliphatic rings. The third kappa shape index (κ3) is 1.60. The van der Waals surface area contributed by atoms with Gasteiger partial charge in [0, 0.05) is 13.1 Å². The molecular weight excluding hydrogens is 170 g/mol. The van der Waals surface area contributed by atoms with E-state index in [1.807, 2.05) is 0 Å². The molecule has 0 aromatic rings. The fourth-order valence-corrected chi connectivity index (χ4v) is 4.13. The molecule has 2 bridgehead atoms. The highest BCUT2D eigenvalue weighted by Crippen LogP contribution is 2.46. The number of piperidine rings is 1. The Balaban J connectivity index is 2.18. The molecule has 0 radical (unpaired) electrons. The summed E-state index contributed by atoms with van der Waals surface area (Å²) in [5, 5.41) is 0. The van der Waals surface area contributed by atoms with Crippen LogP contribution in [0.5, 0.6) is 0 Å². The predicted octanol–water partition coefficient (Wildman–Crippen LogP) is 2.87. The zero-order chi connectivity index (χ0) is 10.3.